The molecule has 0 spiro atoms. The first-order chi connectivity index (χ1) is 10.3. The number of benzene rings is 2. The molecule has 0 bridgehead atoms. The SMILES string of the molecule is O=Cc1c(-c2ccc(F)cc2)nc2sc3ccccc3n12. The monoisotopic (exact) mass is 296 g/mol. The number of fused-ring (bicyclic) bond motifs is 3. The van der Waals surface area contributed by atoms with Crippen molar-refractivity contribution in [2.24, 2.45) is 0 Å². The molecular formula is C16H9FN2OS. The molecule has 102 valence electrons. The number of para-hydroxylation sites is 1. The number of thiazole rings is 1. The van der Waals surface area contributed by atoms with Crippen LogP contribution in [0.1, 0.15) is 10.5 Å². The van der Waals surface area contributed by atoms with E-state index in [1.807, 2.05) is 28.7 Å². The Balaban J connectivity index is 2.06. The number of imidazole rings is 1. The fourth-order valence-corrected chi connectivity index (χ4v) is 3.50. The van der Waals surface area contributed by atoms with Crippen molar-refractivity contribution < 1.29 is 9.18 Å². The minimum Gasteiger partial charge on any atom is -0.296 e. The van der Waals surface area contributed by atoms with Crippen LogP contribution in [0.4, 0.5) is 4.39 Å². The predicted octanol–water partition coefficient (Wildman–Crippen LogP) is 4.17. The summed E-state index contributed by atoms with van der Waals surface area (Å²) >= 11 is 1.53. The normalized spacial score (nSPS) is 11.3. The van der Waals surface area contributed by atoms with Crippen LogP contribution in [-0.2, 0) is 0 Å². The predicted molar refractivity (Wildman–Crippen MR) is 81.4 cm³/mol. The molecule has 21 heavy (non-hydrogen) atoms. The van der Waals surface area contributed by atoms with Crippen molar-refractivity contribution in [2.45, 2.75) is 0 Å². The van der Waals surface area contributed by atoms with Gasteiger partial charge in [0.2, 0.25) is 0 Å². The maximum Gasteiger partial charge on any atom is 0.195 e. The zero-order valence-electron chi connectivity index (χ0n) is 10.8. The van der Waals surface area contributed by atoms with Crippen molar-refractivity contribution in [1.29, 1.82) is 0 Å². The standard InChI is InChI=1S/C16H9FN2OS/c17-11-7-5-10(6-8-11)15-13(9-20)19-12-3-1-2-4-14(12)21-16(19)18-15/h1-9H. The van der Waals surface area contributed by atoms with E-state index in [9.17, 15) is 9.18 Å². The van der Waals surface area contributed by atoms with Gasteiger partial charge in [-0.05, 0) is 36.4 Å². The van der Waals surface area contributed by atoms with Gasteiger partial charge in [-0.15, -0.1) is 0 Å². The van der Waals surface area contributed by atoms with E-state index in [1.165, 1.54) is 23.5 Å². The third-order valence-electron chi connectivity index (χ3n) is 3.42. The first-order valence-corrected chi connectivity index (χ1v) is 7.20. The molecule has 0 unspecified atom stereocenters. The van der Waals surface area contributed by atoms with Crippen LogP contribution in [0.15, 0.2) is 48.5 Å². The number of carbonyl (C=O) groups is 1. The Kier molecular flexibility index (Phi) is 2.62. The summed E-state index contributed by atoms with van der Waals surface area (Å²) in [5.41, 5.74) is 2.77. The molecule has 0 atom stereocenters. The van der Waals surface area contributed by atoms with Crippen LogP contribution in [0.3, 0.4) is 0 Å². The molecule has 0 saturated heterocycles. The van der Waals surface area contributed by atoms with Gasteiger partial charge in [0, 0.05) is 5.56 Å². The Bertz CT molecular complexity index is 969. The Morgan fingerprint density at radius 3 is 2.62 bits per heavy atom. The van der Waals surface area contributed by atoms with Crippen molar-refractivity contribution >= 4 is 32.8 Å². The molecular weight excluding hydrogens is 287 g/mol. The number of aromatic nitrogens is 2. The van der Waals surface area contributed by atoms with Gasteiger partial charge < -0.3 is 0 Å². The zero-order valence-corrected chi connectivity index (χ0v) is 11.6. The summed E-state index contributed by atoms with van der Waals surface area (Å²) in [7, 11) is 0. The van der Waals surface area contributed by atoms with Gasteiger partial charge in [-0.2, -0.15) is 0 Å². The van der Waals surface area contributed by atoms with Crippen LogP contribution in [0.5, 0.6) is 0 Å². The third kappa shape index (κ3) is 1.78. The molecule has 0 aliphatic carbocycles. The molecule has 4 rings (SSSR count). The van der Waals surface area contributed by atoms with Gasteiger partial charge in [0.1, 0.15) is 17.2 Å². The maximum absolute atomic E-state index is 13.0. The van der Waals surface area contributed by atoms with E-state index >= 15 is 0 Å². The van der Waals surface area contributed by atoms with E-state index in [2.05, 4.69) is 4.98 Å². The van der Waals surface area contributed by atoms with Crippen LogP contribution in [-0.4, -0.2) is 15.7 Å². The molecule has 2 aromatic carbocycles. The topological polar surface area (TPSA) is 34.4 Å². The summed E-state index contributed by atoms with van der Waals surface area (Å²) in [5.74, 6) is -0.308. The van der Waals surface area contributed by atoms with Gasteiger partial charge in [0.05, 0.1) is 10.2 Å². The van der Waals surface area contributed by atoms with Gasteiger partial charge in [0.25, 0.3) is 0 Å². The molecule has 4 aromatic rings. The molecule has 2 heterocycles. The molecule has 3 nitrogen and oxygen atoms in total. The van der Waals surface area contributed by atoms with Crippen molar-refractivity contribution in [1.82, 2.24) is 9.38 Å². The maximum atomic E-state index is 13.0. The smallest absolute Gasteiger partial charge is 0.195 e. The lowest BCUT2D eigenvalue weighted by Gasteiger charge is -1.99. The summed E-state index contributed by atoms with van der Waals surface area (Å²) in [6.07, 6.45) is 0.803. The van der Waals surface area contributed by atoms with E-state index in [0.29, 0.717) is 11.4 Å². The Hall–Kier alpha value is -2.53. The van der Waals surface area contributed by atoms with Gasteiger partial charge >= 0.3 is 0 Å². The van der Waals surface area contributed by atoms with Gasteiger partial charge in [0.15, 0.2) is 11.2 Å². The lowest BCUT2D eigenvalue weighted by molar-refractivity contribution is 0.111. The molecule has 2 aromatic heterocycles. The second kappa shape index (κ2) is 4.49. The Labute approximate surface area is 123 Å². The Morgan fingerprint density at radius 2 is 1.86 bits per heavy atom. The number of hydrogen-bond acceptors (Lipinski definition) is 3. The van der Waals surface area contributed by atoms with E-state index in [1.54, 1.807) is 12.1 Å². The lowest BCUT2D eigenvalue weighted by atomic mass is 10.1. The highest BCUT2D eigenvalue weighted by molar-refractivity contribution is 7.23. The summed E-state index contributed by atoms with van der Waals surface area (Å²) in [6.45, 7) is 0. The zero-order chi connectivity index (χ0) is 14.4. The fraction of sp³-hybridized carbons (Fsp3) is 0. The minimum absolute atomic E-state index is 0.308. The molecule has 0 amide bonds. The van der Waals surface area contributed by atoms with Gasteiger partial charge in [-0.25, -0.2) is 9.37 Å². The second-order valence-electron chi connectivity index (χ2n) is 4.66. The highest BCUT2D eigenvalue weighted by Crippen LogP contribution is 2.32. The number of nitrogens with zero attached hydrogens (tertiary/aromatic N) is 2. The number of hydrogen-bond donors (Lipinski definition) is 0. The first kappa shape index (κ1) is 12.2. The second-order valence-corrected chi connectivity index (χ2v) is 5.67. The van der Waals surface area contributed by atoms with E-state index in [4.69, 9.17) is 0 Å². The summed E-state index contributed by atoms with van der Waals surface area (Å²) < 4.78 is 16.0. The average molecular weight is 296 g/mol. The van der Waals surface area contributed by atoms with Crippen molar-refractivity contribution in [2.75, 3.05) is 0 Å². The fourth-order valence-electron chi connectivity index (χ4n) is 2.47. The molecule has 0 aliphatic heterocycles. The lowest BCUT2D eigenvalue weighted by Crippen LogP contribution is -1.91. The van der Waals surface area contributed by atoms with Gasteiger partial charge in [-0.1, -0.05) is 23.5 Å². The van der Waals surface area contributed by atoms with E-state index in [-0.39, 0.29) is 5.82 Å². The average Bonchev–Trinajstić information content (AvgIpc) is 3.03. The van der Waals surface area contributed by atoms with Crippen molar-refractivity contribution in [3.63, 3.8) is 0 Å². The summed E-state index contributed by atoms with van der Waals surface area (Å²) in [5, 5.41) is 0. The molecule has 0 N–H and O–H groups in total. The molecule has 0 aliphatic rings. The number of aldehydes is 1. The Morgan fingerprint density at radius 1 is 1.10 bits per heavy atom. The third-order valence-corrected chi connectivity index (χ3v) is 4.44. The largest absolute Gasteiger partial charge is 0.296 e. The van der Waals surface area contributed by atoms with Gasteiger partial charge in [-0.3, -0.25) is 9.20 Å². The van der Waals surface area contributed by atoms with Crippen molar-refractivity contribution in [3.05, 3.63) is 60.0 Å². The quantitative estimate of drug-likeness (QED) is 0.520. The van der Waals surface area contributed by atoms with Crippen LogP contribution in [0, 0.1) is 5.82 Å². The highest BCUT2D eigenvalue weighted by atomic mass is 32.1. The minimum atomic E-state index is -0.308. The van der Waals surface area contributed by atoms with E-state index < -0.39 is 0 Å². The number of halogens is 1. The molecule has 0 radical (unpaired) electrons. The molecule has 0 saturated carbocycles. The number of carbonyl (C=O) groups excluding carboxylic acids is 1. The van der Waals surface area contributed by atoms with Crippen molar-refractivity contribution in [3.8, 4) is 11.3 Å². The summed E-state index contributed by atoms with van der Waals surface area (Å²) in [6, 6.07) is 13.9. The first-order valence-electron chi connectivity index (χ1n) is 6.39. The van der Waals surface area contributed by atoms with Crippen LogP contribution in [0.2, 0.25) is 0 Å². The van der Waals surface area contributed by atoms with E-state index in [0.717, 1.165) is 27.0 Å². The van der Waals surface area contributed by atoms with Crippen LogP contribution >= 0.6 is 11.3 Å². The molecule has 0 fully saturated rings. The highest BCUT2D eigenvalue weighted by Gasteiger charge is 2.17. The number of rotatable bonds is 2. The summed E-state index contributed by atoms with van der Waals surface area (Å²) in [4.78, 5) is 16.9. The van der Waals surface area contributed by atoms with Crippen LogP contribution < -0.4 is 0 Å². The molecule has 5 heteroatoms. The van der Waals surface area contributed by atoms with Crippen LogP contribution in [0.25, 0.3) is 26.4 Å².